The van der Waals surface area contributed by atoms with Gasteiger partial charge in [-0.2, -0.15) is 0 Å². The van der Waals surface area contributed by atoms with Crippen molar-refractivity contribution in [3.05, 3.63) is 33.2 Å². The number of carbonyl (C=O) groups excluding carboxylic acids is 2. The normalized spacial score (nSPS) is 41.0. The van der Waals surface area contributed by atoms with Crippen LogP contribution in [0.25, 0.3) is 20.9 Å². The monoisotopic (exact) mass is 652 g/mol. The molecule has 0 aromatic carbocycles. The SMILES string of the molecule is C=C(COCC1[C@H](O[C@@H]2C(CC)O[C@@H](O)C(N=[N+]=[N-])[C@H]2C)O[C@@H](C(C)=O)[C@@H](O[C@H]2O[C@@H](CC)[C@@H](C)[C@H](C)C2N=[N+]=[N-])[C@@H]1C)OC=O. The maximum Gasteiger partial charge on any atom is 0.298 e. The molecule has 4 unspecified atom stereocenters. The van der Waals surface area contributed by atoms with Gasteiger partial charge >= 0.3 is 0 Å². The maximum absolute atomic E-state index is 13.1. The van der Waals surface area contributed by atoms with Crippen molar-refractivity contribution in [1.82, 2.24) is 0 Å². The third-order valence-electron chi connectivity index (χ3n) is 9.64. The molecule has 0 spiro atoms. The van der Waals surface area contributed by atoms with Gasteiger partial charge in [0.2, 0.25) is 0 Å². The van der Waals surface area contributed by atoms with Gasteiger partial charge in [-0.25, -0.2) is 0 Å². The van der Waals surface area contributed by atoms with E-state index in [1.807, 2.05) is 34.6 Å². The number of hydrogen-bond acceptors (Lipinski definition) is 12. The molecule has 16 nitrogen and oxygen atoms in total. The molecule has 0 aromatic heterocycles. The van der Waals surface area contributed by atoms with Gasteiger partial charge in [0.05, 0.1) is 43.1 Å². The Morgan fingerprint density at radius 2 is 1.52 bits per heavy atom. The summed E-state index contributed by atoms with van der Waals surface area (Å²) in [6.45, 7) is 16.8. The minimum absolute atomic E-state index is 0.0228. The van der Waals surface area contributed by atoms with Crippen molar-refractivity contribution in [3.8, 4) is 0 Å². The Kier molecular flexibility index (Phi) is 14.2. The quantitative estimate of drug-likeness (QED) is 0.0855. The van der Waals surface area contributed by atoms with Crippen molar-refractivity contribution in [2.45, 2.75) is 123 Å². The molecule has 0 saturated carbocycles. The smallest absolute Gasteiger partial charge is 0.298 e. The molecule has 0 amide bonds. The Morgan fingerprint density at radius 1 is 0.891 bits per heavy atom. The van der Waals surface area contributed by atoms with Crippen LogP contribution in [-0.2, 0) is 42.7 Å². The summed E-state index contributed by atoms with van der Waals surface area (Å²) >= 11 is 0. The Hall–Kier alpha value is -2.78. The van der Waals surface area contributed by atoms with E-state index in [0.717, 1.165) is 0 Å². The fourth-order valence-electron chi connectivity index (χ4n) is 6.66. The highest BCUT2D eigenvalue weighted by atomic mass is 16.7. The average molecular weight is 653 g/mol. The number of rotatable bonds is 15. The molecule has 3 rings (SSSR count). The Morgan fingerprint density at radius 3 is 2.11 bits per heavy atom. The zero-order valence-corrected chi connectivity index (χ0v) is 27.6. The fourth-order valence-corrected chi connectivity index (χ4v) is 6.66. The second-order valence-electron chi connectivity index (χ2n) is 12.4. The van der Waals surface area contributed by atoms with Crippen LogP contribution in [-0.4, -0.2) is 92.0 Å². The Bertz CT molecular complexity index is 1150. The van der Waals surface area contributed by atoms with Gasteiger partial charge in [-0.15, -0.1) is 0 Å². The number of carbonyl (C=O) groups is 2. The van der Waals surface area contributed by atoms with Crippen LogP contribution in [0.5, 0.6) is 0 Å². The zero-order valence-electron chi connectivity index (χ0n) is 27.6. The average Bonchev–Trinajstić information content (AvgIpc) is 3.02. The minimum Gasteiger partial charge on any atom is -0.431 e. The van der Waals surface area contributed by atoms with Crippen LogP contribution in [0.4, 0.5) is 0 Å². The van der Waals surface area contributed by atoms with E-state index in [-0.39, 0.29) is 49.2 Å². The molecular formula is C30H48N6O10. The minimum atomic E-state index is -1.32. The third kappa shape index (κ3) is 8.57. The lowest BCUT2D eigenvalue weighted by Gasteiger charge is -2.50. The molecular weight excluding hydrogens is 604 g/mol. The lowest BCUT2D eigenvalue weighted by molar-refractivity contribution is -0.338. The summed E-state index contributed by atoms with van der Waals surface area (Å²) in [7, 11) is 0. The van der Waals surface area contributed by atoms with E-state index in [1.165, 1.54) is 6.92 Å². The van der Waals surface area contributed by atoms with Crippen LogP contribution in [0.2, 0.25) is 0 Å². The van der Waals surface area contributed by atoms with E-state index in [4.69, 9.17) is 38.7 Å². The van der Waals surface area contributed by atoms with Crippen LogP contribution >= 0.6 is 0 Å². The van der Waals surface area contributed by atoms with Gasteiger partial charge in [-0.05, 0) is 54.5 Å². The van der Waals surface area contributed by atoms with Crippen molar-refractivity contribution < 1.29 is 47.9 Å². The standard InChI is InChI=1S/C30H48N6O10/c1-9-21-15(4)16(5)24(34-36-32)30(43-21)45-26-17(6)20(12-40-11-14(3)41-13-37)29(46-27(26)19(8)38)44-25-18(7)23(33-35-31)28(39)42-22(25)10-2/h13,15-18,20-30,39H,3,9-12H2,1-2,4-8H3/t15-,16-,17+,18+,20?,21-,22?,23?,24?,25-,26-,27-,28+,29+,30+/m0/s1. The number of Topliss-reactive ketones (excluding diaryl/α,β-unsaturated/α-hetero) is 1. The first-order valence-corrected chi connectivity index (χ1v) is 15.8. The first-order chi connectivity index (χ1) is 21.9. The Labute approximate surface area is 269 Å². The molecule has 3 aliphatic heterocycles. The van der Waals surface area contributed by atoms with Crippen LogP contribution in [0.1, 0.15) is 61.3 Å². The number of azide groups is 2. The summed E-state index contributed by atoms with van der Waals surface area (Å²) in [5.74, 6) is -1.67. The molecule has 3 saturated heterocycles. The van der Waals surface area contributed by atoms with Crippen LogP contribution in [0.15, 0.2) is 22.6 Å². The first-order valence-electron chi connectivity index (χ1n) is 15.8. The first kappa shape index (κ1) is 37.7. The summed E-state index contributed by atoms with van der Waals surface area (Å²) in [6, 6.07) is -1.57. The van der Waals surface area contributed by atoms with E-state index in [9.17, 15) is 20.2 Å². The maximum atomic E-state index is 13.1. The van der Waals surface area contributed by atoms with E-state index < -0.39 is 73.1 Å². The predicted octanol–water partition coefficient (Wildman–Crippen LogP) is 4.55. The number of nitrogens with zero attached hydrogens (tertiary/aromatic N) is 6. The molecule has 46 heavy (non-hydrogen) atoms. The van der Waals surface area contributed by atoms with Crippen molar-refractivity contribution >= 4 is 12.3 Å². The van der Waals surface area contributed by atoms with Gasteiger partial charge in [0, 0.05) is 15.7 Å². The predicted molar refractivity (Wildman–Crippen MR) is 162 cm³/mol. The lowest BCUT2D eigenvalue weighted by atomic mass is 9.80. The number of aliphatic hydroxyl groups excluding tert-OH is 1. The highest BCUT2D eigenvalue weighted by Crippen LogP contribution is 2.41. The number of ketones is 1. The highest BCUT2D eigenvalue weighted by molar-refractivity contribution is 5.81. The molecule has 16 heteroatoms. The second kappa shape index (κ2) is 17.4. The van der Waals surface area contributed by atoms with E-state index in [1.54, 1.807) is 6.92 Å². The largest absolute Gasteiger partial charge is 0.431 e. The molecule has 0 radical (unpaired) electrons. The van der Waals surface area contributed by atoms with Crippen molar-refractivity contribution in [3.63, 3.8) is 0 Å². The zero-order chi connectivity index (χ0) is 34.1. The lowest BCUT2D eigenvalue weighted by Crippen LogP contribution is -2.61. The van der Waals surface area contributed by atoms with E-state index in [2.05, 4.69) is 26.6 Å². The van der Waals surface area contributed by atoms with Gasteiger partial charge < -0.3 is 38.3 Å². The summed E-state index contributed by atoms with van der Waals surface area (Å²) < 4.78 is 42.2. The number of aliphatic hydroxyl groups is 1. The van der Waals surface area contributed by atoms with Crippen molar-refractivity contribution in [1.29, 1.82) is 0 Å². The Balaban J connectivity index is 1.96. The van der Waals surface area contributed by atoms with Crippen molar-refractivity contribution in [2.75, 3.05) is 13.2 Å². The van der Waals surface area contributed by atoms with Gasteiger partial charge in [-0.1, -0.05) is 58.3 Å². The molecule has 0 bridgehead atoms. The van der Waals surface area contributed by atoms with Crippen LogP contribution in [0.3, 0.4) is 0 Å². The molecule has 258 valence electrons. The molecule has 3 heterocycles. The molecule has 15 atom stereocenters. The highest BCUT2D eigenvalue weighted by Gasteiger charge is 2.52. The molecule has 3 aliphatic rings. The molecule has 0 aliphatic carbocycles. The topological polar surface area (TPSA) is 216 Å². The van der Waals surface area contributed by atoms with Gasteiger partial charge in [0.15, 0.2) is 24.7 Å². The molecule has 0 aromatic rings. The summed E-state index contributed by atoms with van der Waals surface area (Å²) in [5.41, 5.74) is 18.4. The van der Waals surface area contributed by atoms with Gasteiger partial charge in [0.1, 0.15) is 18.5 Å². The number of ether oxygens (including phenoxy) is 7. The molecule has 1 N–H and O–H groups in total. The van der Waals surface area contributed by atoms with E-state index >= 15 is 0 Å². The van der Waals surface area contributed by atoms with Crippen LogP contribution < -0.4 is 0 Å². The fraction of sp³-hybridized carbons (Fsp3) is 0.867. The van der Waals surface area contributed by atoms with Crippen molar-refractivity contribution in [2.24, 2.45) is 39.8 Å². The summed E-state index contributed by atoms with van der Waals surface area (Å²) in [4.78, 5) is 29.8. The summed E-state index contributed by atoms with van der Waals surface area (Å²) in [5, 5.41) is 18.2. The molecule has 3 fully saturated rings. The third-order valence-corrected chi connectivity index (χ3v) is 9.64. The van der Waals surface area contributed by atoms with Gasteiger partial charge in [0.25, 0.3) is 6.47 Å². The van der Waals surface area contributed by atoms with Crippen LogP contribution in [0, 0.1) is 29.6 Å². The van der Waals surface area contributed by atoms with Gasteiger partial charge in [-0.3, -0.25) is 9.59 Å². The summed E-state index contributed by atoms with van der Waals surface area (Å²) in [6.07, 6.45) is -5.45. The van der Waals surface area contributed by atoms with E-state index in [0.29, 0.717) is 12.8 Å². The number of hydrogen-bond donors (Lipinski definition) is 1. The second-order valence-corrected chi connectivity index (χ2v) is 12.4.